The maximum absolute atomic E-state index is 13.2. The molecule has 94 valence electrons. The molecule has 0 spiro atoms. The Bertz CT molecular complexity index is 520. The van der Waals surface area contributed by atoms with Crippen LogP contribution >= 0.6 is 0 Å². The Morgan fingerprint density at radius 2 is 1.71 bits per heavy atom. The molecular weight excluding hydrogens is 254 g/mol. The standard InChI is InChI=1S/C10H10F2O4S/c1-16-8-5-3-7(4-6-8)9(13)10(11,12)17(2,14)15/h3-6H,1-2H3. The molecule has 0 aromatic heterocycles. The number of halogens is 2. The van der Waals surface area contributed by atoms with Gasteiger partial charge in [0.25, 0.3) is 0 Å². The van der Waals surface area contributed by atoms with Crippen LogP contribution in [0, 0.1) is 0 Å². The van der Waals surface area contributed by atoms with Gasteiger partial charge in [0.05, 0.1) is 7.11 Å². The Hall–Kier alpha value is -1.50. The lowest BCUT2D eigenvalue weighted by molar-refractivity contribution is 0.0529. The highest BCUT2D eigenvalue weighted by molar-refractivity contribution is 7.92. The third-order valence-electron chi connectivity index (χ3n) is 2.08. The van der Waals surface area contributed by atoms with E-state index in [0.717, 1.165) is 12.1 Å². The molecular formula is C10H10F2O4S. The highest BCUT2D eigenvalue weighted by Gasteiger charge is 2.49. The van der Waals surface area contributed by atoms with Crippen molar-refractivity contribution < 1.29 is 26.7 Å². The minimum atomic E-state index is -4.78. The number of carbonyl (C=O) groups is 1. The smallest absolute Gasteiger partial charge is 0.406 e. The molecule has 17 heavy (non-hydrogen) atoms. The van der Waals surface area contributed by atoms with Crippen LogP contribution in [0.15, 0.2) is 24.3 Å². The molecule has 0 heterocycles. The SMILES string of the molecule is COc1ccc(C(=O)C(F)(F)S(C)(=O)=O)cc1. The van der Waals surface area contributed by atoms with E-state index in [2.05, 4.69) is 0 Å². The van der Waals surface area contributed by atoms with Gasteiger partial charge in [-0.3, -0.25) is 4.79 Å². The number of hydrogen-bond acceptors (Lipinski definition) is 4. The summed E-state index contributed by atoms with van der Waals surface area (Å²) in [6.45, 7) is 0. The van der Waals surface area contributed by atoms with Gasteiger partial charge in [0.1, 0.15) is 5.75 Å². The fourth-order valence-electron chi connectivity index (χ4n) is 1.08. The maximum Gasteiger partial charge on any atom is 0.406 e. The molecule has 0 fully saturated rings. The van der Waals surface area contributed by atoms with Gasteiger partial charge in [-0.25, -0.2) is 8.42 Å². The predicted octanol–water partition coefficient (Wildman–Crippen LogP) is 1.52. The molecule has 0 amide bonds. The zero-order valence-corrected chi connectivity index (χ0v) is 9.92. The molecule has 0 radical (unpaired) electrons. The Labute approximate surface area is 97.1 Å². The van der Waals surface area contributed by atoms with E-state index in [1.807, 2.05) is 0 Å². The predicted molar refractivity (Wildman–Crippen MR) is 57.1 cm³/mol. The van der Waals surface area contributed by atoms with Gasteiger partial charge in [0, 0.05) is 11.8 Å². The molecule has 7 heteroatoms. The van der Waals surface area contributed by atoms with Gasteiger partial charge in [0.2, 0.25) is 15.6 Å². The van der Waals surface area contributed by atoms with Gasteiger partial charge >= 0.3 is 5.25 Å². The number of carbonyl (C=O) groups excluding carboxylic acids is 1. The summed E-state index contributed by atoms with van der Waals surface area (Å²) in [4.78, 5) is 11.3. The molecule has 0 atom stereocenters. The van der Waals surface area contributed by atoms with Crippen molar-refractivity contribution >= 4 is 15.6 Å². The maximum atomic E-state index is 13.2. The quantitative estimate of drug-likeness (QED) is 0.773. The van der Waals surface area contributed by atoms with E-state index in [9.17, 15) is 22.0 Å². The van der Waals surface area contributed by atoms with E-state index < -0.39 is 20.9 Å². The summed E-state index contributed by atoms with van der Waals surface area (Å²) in [7, 11) is -3.40. The van der Waals surface area contributed by atoms with E-state index >= 15 is 0 Å². The number of rotatable bonds is 4. The van der Waals surface area contributed by atoms with Crippen LogP contribution in [-0.2, 0) is 9.84 Å². The highest BCUT2D eigenvalue weighted by atomic mass is 32.2. The lowest BCUT2D eigenvalue weighted by atomic mass is 10.1. The topological polar surface area (TPSA) is 60.4 Å². The van der Waals surface area contributed by atoms with Gasteiger partial charge in [-0.1, -0.05) is 0 Å². The minimum absolute atomic E-state index is 0.314. The van der Waals surface area contributed by atoms with E-state index in [1.165, 1.54) is 19.2 Å². The lowest BCUT2D eigenvalue weighted by Gasteiger charge is -2.12. The van der Waals surface area contributed by atoms with Crippen LogP contribution in [0.2, 0.25) is 0 Å². The summed E-state index contributed by atoms with van der Waals surface area (Å²) in [5.41, 5.74) is -0.388. The second-order valence-corrected chi connectivity index (χ2v) is 5.40. The van der Waals surface area contributed by atoms with Crippen LogP contribution in [0.3, 0.4) is 0 Å². The molecule has 0 saturated heterocycles. The lowest BCUT2D eigenvalue weighted by Crippen LogP contribution is -2.37. The molecule has 1 rings (SSSR count). The van der Waals surface area contributed by atoms with Gasteiger partial charge in [0.15, 0.2) is 0 Å². The number of alkyl halides is 2. The summed E-state index contributed by atoms with van der Waals surface area (Å²) in [5, 5.41) is -4.42. The molecule has 4 nitrogen and oxygen atoms in total. The van der Waals surface area contributed by atoms with Crippen molar-refractivity contribution in [1.29, 1.82) is 0 Å². The minimum Gasteiger partial charge on any atom is -0.497 e. The molecule has 1 aromatic rings. The van der Waals surface area contributed by atoms with Crippen LogP contribution in [0.1, 0.15) is 10.4 Å². The van der Waals surface area contributed by atoms with Crippen LogP contribution in [0.25, 0.3) is 0 Å². The molecule has 0 unspecified atom stereocenters. The number of ether oxygens (including phenoxy) is 1. The van der Waals surface area contributed by atoms with Crippen molar-refractivity contribution in [2.75, 3.05) is 13.4 Å². The van der Waals surface area contributed by atoms with E-state index in [0.29, 0.717) is 12.0 Å². The average molecular weight is 264 g/mol. The van der Waals surface area contributed by atoms with Crippen LogP contribution in [0.4, 0.5) is 8.78 Å². The van der Waals surface area contributed by atoms with Crippen molar-refractivity contribution in [3.8, 4) is 5.75 Å². The summed E-state index contributed by atoms with van der Waals surface area (Å²) in [6, 6.07) is 4.76. The number of ketones is 1. The fraction of sp³-hybridized carbons (Fsp3) is 0.300. The summed E-state index contributed by atoms with van der Waals surface area (Å²) in [5.74, 6) is -1.37. The summed E-state index contributed by atoms with van der Waals surface area (Å²) in [6.07, 6.45) is 0.314. The van der Waals surface area contributed by atoms with Crippen molar-refractivity contribution in [3.63, 3.8) is 0 Å². The van der Waals surface area contributed by atoms with Crippen molar-refractivity contribution in [1.82, 2.24) is 0 Å². The molecule has 0 aliphatic heterocycles. The number of Topliss-reactive ketones (excluding diaryl/α,β-unsaturated/α-hetero) is 1. The molecule has 1 aromatic carbocycles. The van der Waals surface area contributed by atoms with Crippen LogP contribution < -0.4 is 4.74 Å². The van der Waals surface area contributed by atoms with E-state index in [4.69, 9.17) is 4.74 Å². The van der Waals surface area contributed by atoms with Crippen LogP contribution in [-0.4, -0.2) is 32.8 Å². The largest absolute Gasteiger partial charge is 0.497 e. The first-order valence-corrected chi connectivity index (χ1v) is 6.35. The first-order chi connectivity index (χ1) is 7.70. The normalized spacial score (nSPS) is 12.2. The van der Waals surface area contributed by atoms with E-state index in [-0.39, 0.29) is 5.56 Å². The molecule has 0 aliphatic rings. The Morgan fingerprint density at radius 3 is 2.06 bits per heavy atom. The first-order valence-electron chi connectivity index (χ1n) is 4.46. The summed E-state index contributed by atoms with van der Waals surface area (Å²) >= 11 is 0. The van der Waals surface area contributed by atoms with Crippen LogP contribution in [0.5, 0.6) is 5.75 Å². The Morgan fingerprint density at radius 1 is 1.24 bits per heavy atom. The van der Waals surface area contributed by atoms with Gasteiger partial charge in [-0.2, -0.15) is 8.78 Å². The van der Waals surface area contributed by atoms with Gasteiger partial charge in [-0.05, 0) is 24.3 Å². The average Bonchev–Trinajstić information content (AvgIpc) is 2.26. The number of hydrogen-bond donors (Lipinski definition) is 0. The van der Waals surface area contributed by atoms with Crippen molar-refractivity contribution in [3.05, 3.63) is 29.8 Å². The van der Waals surface area contributed by atoms with Gasteiger partial charge in [-0.15, -0.1) is 0 Å². The first kappa shape index (κ1) is 13.6. The fourth-order valence-corrected chi connectivity index (χ4v) is 1.53. The Kier molecular flexibility index (Phi) is 3.51. The molecule has 0 bridgehead atoms. The highest BCUT2D eigenvalue weighted by Crippen LogP contribution is 2.26. The number of methoxy groups -OCH3 is 1. The third kappa shape index (κ3) is 2.60. The second-order valence-electron chi connectivity index (χ2n) is 3.35. The molecule has 0 aliphatic carbocycles. The third-order valence-corrected chi connectivity index (χ3v) is 3.20. The Balaban J connectivity index is 3.13. The van der Waals surface area contributed by atoms with Crippen molar-refractivity contribution in [2.24, 2.45) is 0 Å². The van der Waals surface area contributed by atoms with Crippen molar-refractivity contribution in [2.45, 2.75) is 5.25 Å². The monoisotopic (exact) mass is 264 g/mol. The molecule has 0 saturated carbocycles. The zero-order chi connectivity index (χ0) is 13.3. The zero-order valence-electron chi connectivity index (χ0n) is 9.11. The second kappa shape index (κ2) is 4.40. The van der Waals surface area contributed by atoms with Gasteiger partial charge < -0.3 is 4.74 Å². The number of benzene rings is 1. The summed E-state index contributed by atoms with van der Waals surface area (Å²) < 4.78 is 52.8. The number of sulfone groups is 1. The van der Waals surface area contributed by atoms with E-state index in [1.54, 1.807) is 0 Å². The molecule has 0 N–H and O–H groups in total.